The molecule has 0 unspecified atom stereocenters. The average molecular weight is 300 g/mol. The summed E-state index contributed by atoms with van der Waals surface area (Å²) in [6.45, 7) is 1.27. The molecule has 0 bridgehead atoms. The van der Waals surface area contributed by atoms with Crippen molar-refractivity contribution in [1.29, 1.82) is 0 Å². The van der Waals surface area contributed by atoms with Crippen LogP contribution < -0.4 is 16.1 Å². The standard InChI is InChI=1S/C12H20N4O3S/c13-11-7-9-10(20-11)8-12(16(9)14-1-4-17)15(2-5-18)3-6-19/h7-8,14,17-19H,1-6,13H2. The van der Waals surface area contributed by atoms with E-state index < -0.39 is 0 Å². The molecular weight excluding hydrogens is 280 g/mol. The van der Waals surface area contributed by atoms with E-state index in [0.717, 1.165) is 21.0 Å². The first kappa shape index (κ1) is 14.9. The fourth-order valence-corrected chi connectivity index (χ4v) is 2.98. The zero-order chi connectivity index (χ0) is 14.5. The fourth-order valence-electron chi connectivity index (χ4n) is 2.14. The van der Waals surface area contributed by atoms with E-state index >= 15 is 0 Å². The van der Waals surface area contributed by atoms with Crippen molar-refractivity contribution in [2.24, 2.45) is 0 Å². The van der Waals surface area contributed by atoms with Gasteiger partial charge >= 0.3 is 0 Å². The molecule has 0 atom stereocenters. The second-order valence-electron chi connectivity index (χ2n) is 4.30. The van der Waals surface area contributed by atoms with Crippen LogP contribution in [0.25, 0.3) is 10.2 Å². The summed E-state index contributed by atoms with van der Waals surface area (Å²) >= 11 is 1.48. The molecule has 0 saturated carbocycles. The number of aliphatic hydroxyl groups excluding tert-OH is 3. The summed E-state index contributed by atoms with van der Waals surface area (Å²) in [4.78, 5) is 1.88. The van der Waals surface area contributed by atoms with Crippen LogP contribution in [0.15, 0.2) is 12.1 Å². The van der Waals surface area contributed by atoms with Crippen LogP contribution in [0.3, 0.4) is 0 Å². The number of nitrogens with zero attached hydrogens (tertiary/aromatic N) is 2. The third kappa shape index (κ3) is 2.98. The van der Waals surface area contributed by atoms with E-state index in [1.807, 2.05) is 21.7 Å². The Morgan fingerprint density at radius 3 is 2.45 bits per heavy atom. The first-order valence-electron chi connectivity index (χ1n) is 6.43. The molecule has 0 aliphatic heterocycles. The molecule has 0 radical (unpaired) electrons. The molecule has 7 nitrogen and oxygen atoms in total. The number of nitrogen functional groups attached to an aromatic ring is 1. The zero-order valence-electron chi connectivity index (χ0n) is 11.1. The topological polar surface area (TPSA) is 107 Å². The highest BCUT2D eigenvalue weighted by Gasteiger charge is 2.16. The number of anilines is 2. The second kappa shape index (κ2) is 6.80. The van der Waals surface area contributed by atoms with E-state index in [9.17, 15) is 0 Å². The maximum Gasteiger partial charge on any atom is 0.129 e. The van der Waals surface area contributed by atoms with Crippen molar-refractivity contribution in [3.05, 3.63) is 12.1 Å². The lowest BCUT2D eigenvalue weighted by Gasteiger charge is -2.25. The highest BCUT2D eigenvalue weighted by atomic mass is 32.1. The lowest BCUT2D eigenvalue weighted by atomic mass is 10.4. The molecule has 0 amide bonds. The van der Waals surface area contributed by atoms with Crippen LogP contribution in [0.5, 0.6) is 0 Å². The number of nitrogens with one attached hydrogen (secondary N) is 1. The molecule has 0 spiro atoms. The van der Waals surface area contributed by atoms with Gasteiger partial charge in [-0.25, -0.2) is 4.68 Å². The number of fused-ring (bicyclic) bond motifs is 1. The van der Waals surface area contributed by atoms with E-state index in [-0.39, 0.29) is 19.8 Å². The Labute approximate surface area is 120 Å². The van der Waals surface area contributed by atoms with Crippen LogP contribution >= 0.6 is 11.3 Å². The molecule has 0 aromatic carbocycles. The summed E-state index contributed by atoms with van der Waals surface area (Å²) in [5.41, 5.74) is 9.85. The first-order valence-corrected chi connectivity index (χ1v) is 7.25. The van der Waals surface area contributed by atoms with E-state index in [0.29, 0.717) is 19.6 Å². The Kier molecular flexibility index (Phi) is 5.07. The maximum atomic E-state index is 9.15. The monoisotopic (exact) mass is 300 g/mol. The smallest absolute Gasteiger partial charge is 0.129 e. The van der Waals surface area contributed by atoms with Crippen molar-refractivity contribution in [1.82, 2.24) is 4.68 Å². The number of thiophene rings is 1. The first-order chi connectivity index (χ1) is 9.71. The second-order valence-corrected chi connectivity index (χ2v) is 5.42. The average Bonchev–Trinajstić information content (AvgIpc) is 2.92. The van der Waals surface area contributed by atoms with Gasteiger partial charge in [0, 0.05) is 19.2 Å². The predicted octanol–water partition coefficient (Wildman–Crippen LogP) is -0.388. The zero-order valence-corrected chi connectivity index (χ0v) is 11.9. The summed E-state index contributed by atoms with van der Waals surface area (Å²) in [5.74, 6) is 0.836. The number of aliphatic hydroxyl groups is 3. The Morgan fingerprint density at radius 2 is 1.85 bits per heavy atom. The number of aromatic nitrogens is 1. The Hall–Kier alpha value is -1.48. The van der Waals surface area contributed by atoms with Crippen molar-refractivity contribution in [3.8, 4) is 0 Å². The van der Waals surface area contributed by atoms with Crippen molar-refractivity contribution in [2.75, 3.05) is 55.5 Å². The Bertz CT molecular complexity index is 548. The fraction of sp³-hybridized carbons (Fsp3) is 0.500. The number of hydrogen-bond donors (Lipinski definition) is 5. The van der Waals surface area contributed by atoms with Crippen LogP contribution in [-0.4, -0.2) is 59.5 Å². The van der Waals surface area contributed by atoms with Gasteiger partial charge in [0.2, 0.25) is 0 Å². The van der Waals surface area contributed by atoms with Crippen molar-refractivity contribution in [3.63, 3.8) is 0 Å². The highest BCUT2D eigenvalue weighted by molar-refractivity contribution is 7.22. The summed E-state index contributed by atoms with van der Waals surface area (Å²) in [6.07, 6.45) is 0. The molecule has 6 N–H and O–H groups in total. The minimum atomic E-state index is 0.000960. The van der Waals surface area contributed by atoms with Crippen LogP contribution in [-0.2, 0) is 0 Å². The Morgan fingerprint density at radius 1 is 1.15 bits per heavy atom. The van der Waals surface area contributed by atoms with Gasteiger partial charge in [-0.2, -0.15) is 0 Å². The van der Waals surface area contributed by atoms with Crippen LogP contribution in [0.4, 0.5) is 10.8 Å². The van der Waals surface area contributed by atoms with Crippen LogP contribution in [0, 0.1) is 0 Å². The number of rotatable bonds is 8. The largest absolute Gasteiger partial charge is 0.395 e. The predicted molar refractivity (Wildman–Crippen MR) is 81.9 cm³/mol. The van der Waals surface area contributed by atoms with Crippen molar-refractivity contribution >= 4 is 32.4 Å². The molecule has 2 aromatic rings. The molecule has 8 heteroatoms. The van der Waals surface area contributed by atoms with Gasteiger partial charge in [-0.3, -0.25) is 0 Å². The molecule has 112 valence electrons. The van der Waals surface area contributed by atoms with Gasteiger partial charge in [-0.05, 0) is 6.07 Å². The van der Waals surface area contributed by atoms with Gasteiger partial charge in [-0.1, -0.05) is 0 Å². The molecular formula is C12H20N4O3S. The quantitative estimate of drug-likeness (QED) is 0.455. The van der Waals surface area contributed by atoms with Gasteiger partial charge in [0.1, 0.15) is 5.82 Å². The molecule has 0 aliphatic carbocycles. The molecule has 2 heterocycles. The van der Waals surface area contributed by atoms with E-state index in [1.165, 1.54) is 11.3 Å². The van der Waals surface area contributed by atoms with E-state index in [2.05, 4.69) is 5.43 Å². The van der Waals surface area contributed by atoms with Gasteiger partial charge in [-0.15, -0.1) is 11.3 Å². The summed E-state index contributed by atoms with van der Waals surface area (Å²) in [6, 6.07) is 3.83. The summed E-state index contributed by atoms with van der Waals surface area (Å²) in [7, 11) is 0. The molecule has 2 aromatic heterocycles. The minimum absolute atomic E-state index is 0.000960. The van der Waals surface area contributed by atoms with E-state index in [1.54, 1.807) is 0 Å². The normalized spacial score (nSPS) is 11.2. The van der Waals surface area contributed by atoms with Gasteiger partial charge in [0.15, 0.2) is 0 Å². The van der Waals surface area contributed by atoms with Crippen molar-refractivity contribution in [2.45, 2.75) is 0 Å². The molecule has 2 rings (SSSR count). The summed E-state index contributed by atoms with van der Waals surface area (Å²) in [5, 5.41) is 28.0. The highest BCUT2D eigenvalue weighted by Crippen LogP contribution is 2.33. The molecule has 20 heavy (non-hydrogen) atoms. The van der Waals surface area contributed by atoms with Gasteiger partial charge in [0.05, 0.1) is 41.6 Å². The third-order valence-electron chi connectivity index (χ3n) is 2.93. The minimum Gasteiger partial charge on any atom is -0.395 e. The van der Waals surface area contributed by atoms with E-state index in [4.69, 9.17) is 21.1 Å². The lowest BCUT2D eigenvalue weighted by molar-refractivity contribution is 0.280. The maximum absolute atomic E-state index is 9.15. The van der Waals surface area contributed by atoms with Gasteiger partial charge < -0.3 is 31.4 Å². The molecule has 0 aliphatic rings. The van der Waals surface area contributed by atoms with Gasteiger partial charge in [0.25, 0.3) is 0 Å². The van der Waals surface area contributed by atoms with Crippen LogP contribution in [0.2, 0.25) is 0 Å². The summed E-state index contributed by atoms with van der Waals surface area (Å²) < 4.78 is 2.85. The van der Waals surface area contributed by atoms with Crippen molar-refractivity contribution < 1.29 is 15.3 Å². The SMILES string of the molecule is Nc1cc2c(cc(N(CCO)CCO)n2NCCO)s1. The number of nitrogens with two attached hydrogens (primary N) is 1. The molecule has 0 fully saturated rings. The lowest BCUT2D eigenvalue weighted by Crippen LogP contribution is -2.33. The molecule has 0 saturated heterocycles. The number of hydrogen-bond acceptors (Lipinski definition) is 7. The van der Waals surface area contributed by atoms with Crippen LogP contribution in [0.1, 0.15) is 0 Å². The third-order valence-corrected chi connectivity index (χ3v) is 3.84. The Balaban J connectivity index is 2.40.